The molecule has 2 aliphatic rings. The molecule has 2 N–H and O–H groups in total. The van der Waals surface area contributed by atoms with E-state index in [2.05, 4.69) is 15.6 Å². The van der Waals surface area contributed by atoms with Gasteiger partial charge in [-0.15, -0.1) is 0 Å². The van der Waals surface area contributed by atoms with Crippen LogP contribution in [0.3, 0.4) is 0 Å². The predicted molar refractivity (Wildman–Crippen MR) is 84.1 cm³/mol. The Morgan fingerprint density at radius 2 is 2.32 bits per heavy atom. The van der Waals surface area contributed by atoms with Gasteiger partial charge in [0.1, 0.15) is 11.4 Å². The molecule has 0 saturated carbocycles. The van der Waals surface area contributed by atoms with Crippen LogP contribution in [-0.4, -0.2) is 36.1 Å². The fraction of sp³-hybridized carbons (Fsp3) is 0.412. The summed E-state index contributed by atoms with van der Waals surface area (Å²) in [6, 6.07) is 8.80. The number of methoxy groups -OCH3 is 1. The van der Waals surface area contributed by atoms with Crippen molar-refractivity contribution < 1.29 is 9.53 Å². The minimum absolute atomic E-state index is 0.104. The largest absolute Gasteiger partial charge is 0.496 e. The fourth-order valence-corrected chi connectivity index (χ4v) is 3.67. The third kappa shape index (κ3) is 2.22. The molecule has 1 aromatic heterocycles. The number of nitrogens with zero attached hydrogens (tertiary/aromatic N) is 1. The standard InChI is InChI=1S/C17H19N3O2/c1-22-16-4-2-3-10-9-18-15(8-12(10)16)17(21)20-14-7-11-5-6-13(14)19-11/h2-4,8-9,11,13-14,19H,5-7H2,1H3,(H,20,21)/t11-,13+,14-/m1/s1. The molecule has 2 aromatic rings. The number of aromatic nitrogens is 1. The number of carbonyl (C=O) groups is 1. The Bertz CT molecular complexity index is 731. The number of amides is 1. The van der Waals surface area contributed by atoms with Crippen molar-refractivity contribution in [3.05, 3.63) is 36.2 Å². The Kier molecular flexibility index (Phi) is 3.22. The average Bonchev–Trinajstić information content (AvgIpc) is 3.16. The third-order valence-electron chi connectivity index (χ3n) is 4.79. The SMILES string of the molecule is COc1cccc2cnc(C(=O)N[C@@H]3C[C@H]4CC[C@@H]3N4)cc12. The van der Waals surface area contributed by atoms with Gasteiger partial charge < -0.3 is 15.4 Å². The van der Waals surface area contributed by atoms with Gasteiger partial charge in [0.05, 0.1) is 7.11 Å². The minimum atomic E-state index is -0.104. The Balaban J connectivity index is 1.59. The number of ether oxygens (including phenoxy) is 1. The van der Waals surface area contributed by atoms with Gasteiger partial charge in [-0.3, -0.25) is 9.78 Å². The number of benzene rings is 1. The number of nitrogens with one attached hydrogen (secondary N) is 2. The number of hydrogen-bond donors (Lipinski definition) is 2. The van der Waals surface area contributed by atoms with Gasteiger partial charge in [-0.1, -0.05) is 12.1 Å². The van der Waals surface area contributed by atoms with Gasteiger partial charge in [-0.2, -0.15) is 0 Å². The Morgan fingerprint density at radius 3 is 3.05 bits per heavy atom. The number of carbonyl (C=O) groups excluding carboxylic acids is 1. The maximum atomic E-state index is 12.5. The zero-order valence-corrected chi connectivity index (χ0v) is 12.5. The zero-order valence-electron chi connectivity index (χ0n) is 12.5. The molecule has 3 heterocycles. The molecule has 2 aliphatic heterocycles. The van der Waals surface area contributed by atoms with Crippen LogP contribution in [0.1, 0.15) is 29.8 Å². The lowest BCUT2D eigenvalue weighted by Gasteiger charge is -2.21. The van der Waals surface area contributed by atoms with E-state index in [0.29, 0.717) is 17.8 Å². The van der Waals surface area contributed by atoms with Crippen molar-refractivity contribution >= 4 is 16.7 Å². The van der Waals surface area contributed by atoms with E-state index < -0.39 is 0 Å². The average molecular weight is 297 g/mol. The number of fused-ring (bicyclic) bond motifs is 3. The van der Waals surface area contributed by atoms with Gasteiger partial charge in [0.2, 0.25) is 0 Å². The Hall–Kier alpha value is -2.14. The van der Waals surface area contributed by atoms with E-state index in [9.17, 15) is 4.79 Å². The minimum Gasteiger partial charge on any atom is -0.496 e. The summed E-state index contributed by atoms with van der Waals surface area (Å²) in [4.78, 5) is 16.8. The highest BCUT2D eigenvalue weighted by Gasteiger charge is 2.39. The first-order valence-electron chi connectivity index (χ1n) is 7.74. The lowest BCUT2D eigenvalue weighted by Crippen LogP contribution is -2.43. The summed E-state index contributed by atoms with van der Waals surface area (Å²) in [6.07, 6.45) is 5.12. The Labute approximate surface area is 129 Å². The molecule has 0 spiro atoms. The highest BCUT2D eigenvalue weighted by atomic mass is 16.5. The van der Waals surface area contributed by atoms with E-state index in [4.69, 9.17) is 4.74 Å². The molecule has 114 valence electrons. The van der Waals surface area contributed by atoms with E-state index in [0.717, 1.165) is 29.4 Å². The van der Waals surface area contributed by atoms with Crippen LogP contribution in [-0.2, 0) is 0 Å². The smallest absolute Gasteiger partial charge is 0.270 e. The second kappa shape index (κ2) is 5.25. The van der Waals surface area contributed by atoms with Gasteiger partial charge in [0.25, 0.3) is 5.91 Å². The summed E-state index contributed by atoms with van der Waals surface area (Å²) in [7, 11) is 1.63. The second-order valence-electron chi connectivity index (χ2n) is 6.11. The van der Waals surface area contributed by atoms with E-state index in [1.165, 1.54) is 6.42 Å². The van der Waals surface area contributed by atoms with Crippen LogP contribution in [0.15, 0.2) is 30.5 Å². The van der Waals surface area contributed by atoms with Crippen LogP contribution in [0, 0.1) is 0 Å². The van der Waals surface area contributed by atoms with Gasteiger partial charge in [0.15, 0.2) is 0 Å². The molecule has 2 bridgehead atoms. The van der Waals surface area contributed by atoms with Crippen LogP contribution in [0.4, 0.5) is 0 Å². The molecule has 1 aromatic carbocycles. The van der Waals surface area contributed by atoms with E-state index in [-0.39, 0.29) is 11.9 Å². The molecule has 0 unspecified atom stereocenters. The molecule has 5 heteroatoms. The van der Waals surface area contributed by atoms with Crippen molar-refractivity contribution in [3.63, 3.8) is 0 Å². The lowest BCUT2D eigenvalue weighted by atomic mass is 9.95. The lowest BCUT2D eigenvalue weighted by molar-refractivity contribution is 0.0926. The Morgan fingerprint density at radius 1 is 1.41 bits per heavy atom. The fourth-order valence-electron chi connectivity index (χ4n) is 3.67. The maximum absolute atomic E-state index is 12.5. The van der Waals surface area contributed by atoms with Crippen LogP contribution >= 0.6 is 0 Å². The second-order valence-corrected chi connectivity index (χ2v) is 6.11. The molecule has 0 radical (unpaired) electrons. The molecule has 5 nitrogen and oxygen atoms in total. The van der Waals surface area contributed by atoms with Gasteiger partial charge in [0, 0.05) is 35.1 Å². The van der Waals surface area contributed by atoms with Crippen LogP contribution in [0.2, 0.25) is 0 Å². The topological polar surface area (TPSA) is 63.2 Å². The first-order valence-corrected chi connectivity index (χ1v) is 7.74. The summed E-state index contributed by atoms with van der Waals surface area (Å²) < 4.78 is 5.37. The highest BCUT2D eigenvalue weighted by Crippen LogP contribution is 2.29. The van der Waals surface area contributed by atoms with Crippen molar-refractivity contribution in [2.75, 3.05) is 7.11 Å². The molecular weight excluding hydrogens is 278 g/mol. The maximum Gasteiger partial charge on any atom is 0.270 e. The quantitative estimate of drug-likeness (QED) is 0.908. The monoisotopic (exact) mass is 297 g/mol. The van der Waals surface area contributed by atoms with Crippen molar-refractivity contribution in [3.8, 4) is 5.75 Å². The molecule has 2 saturated heterocycles. The number of pyridine rings is 1. The number of rotatable bonds is 3. The molecule has 0 aliphatic carbocycles. The van der Waals surface area contributed by atoms with Crippen LogP contribution in [0.25, 0.3) is 10.8 Å². The molecular formula is C17H19N3O2. The first-order chi connectivity index (χ1) is 10.7. The normalized spacial score (nSPS) is 26.3. The van der Waals surface area contributed by atoms with Crippen molar-refractivity contribution in [1.82, 2.24) is 15.6 Å². The van der Waals surface area contributed by atoms with Gasteiger partial charge >= 0.3 is 0 Å². The van der Waals surface area contributed by atoms with Crippen molar-refractivity contribution in [1.29, 1.82) is 0 Å². The summed E-state index contributed by atoms with van der Waals surface area (Å²) in [5.41, 5.74) is 0.444. The summed E-state index contributed by atoms with van der Waals surface area (Å²) >= 11 is 0. The molecule has 4 rings (SSSR count). The molecule has 2 fully saturated rings. The van der Waals surface area contributed by atoms with Crippen molar-refractivity contribution in [2.45, 2.75) is 37.4 Å². The summed E-state index contributed by atoms with van der Waals surface area (Å²) in [6.45, 7) is 0. The zero-order chi connectivity index (χ0) is 15.1. The molecule has 22 heavy (non-hydrogen) atoms. The van der Waals surface area contributed by atoms with E-state index in [1.54, 1.807) is 13.3 Å². The third-order valence-corrected chi connectivity index (χ3v) is 4.79. The van der Waals surface area contributed by atoms with Crippen LogP contribution in [0.5, 0.6) is 5.75 Å². The summed E-state index contributed by atoms with van der Waals surface area (Å²) in [5.74, 6) is 0.655. The predicted octanol–water partition coefficient (Wildman–Crippen LogP) is 1.87. The highest BCUT2D eigenvalue weighted by molar-refractivity contribution is 5.98. The molecule has 3 atom stereocenters. The van der Waals surface area contributed by atoms with Gasteiger partial charge in [-0.05, 0) is 31.4 Å². The van der Waals surface area contributed by atoms with E-state index >= 15 is 0 Å². The van der Waals surface area contributed by atoms with Crippen LogP contribution < -0.4 is 15.4 Å². The molecule has 1 amide bonds. The summed E-state index contributed by atoms with van der Waals surface area (Å²) in [5, 5.41) is 8.53. The number of hydrogen-bond acceptors (Lipinski definition) is 4. The van der Waals surface area contributed by atoms with E-state index in [1.807, 2.05) is 24.3 Å². The van der Waals surface area contributed by atoms with Crippen molar-refractivity contribution in [2.24, 2.45) is 0 Å². The first kappa shape index (κ1) is 13.5. The van der Waals surface area contributed by atoms with Gasteiger partial charge in [-0.25, -0.2) is 0 Å².